The summed E-state index contributed by atoms with van der Waals surface area (Å²) in [5, 5.41) is 17.9. The number of unbranched alkanes of at least 4 members (excludes halogenated alkanes) is 7. The Labute approximate surface area is 172 Å². The largest absolute Gasteiger partial charge is 0.394 e. The lowest BCUT2D eigenvalue weighted by Crippen LogP contribution is -2.69. The molecule has 0 spiro atoms. The van der Waals surface area contributed by atoms with Crippen molar-refractivity contribution in [3.63, 3.8) is 0 Å². The van der Waals surface area contributed by atoms with Gasteiger partial charge in [-0.05, 0) is 73.5 Å². The fourth-order valence-corrected chi connectivity index (χ4v) is 7.50. The molecule has 2 N–H and O–H groups in total. The summed E-state index contributed by atoms with van der Waals surface area (Å²) in [6.07, 6.45) is 19.7. The molecule has 0 bridgehead atoms. The van der Waals surface area contributed by atoms with Gasteiger partial charge < -0.3 is 14.9 Å². The van der Waals surface area contributed by atoms with Crippen LogP contribution in [0.4, 0.5) is 0 Å². The summed E-state index contributed by atoms with van der Waals surface area (Å²) in [5.74, 6) is 8.22. The van der Waals surface area contributed by atoms with Crippen LogP contribution in [0.1, 0.15) is 89.9 Å². The van der Waals surface area contributed by atoms with Gasteiger partial charge in [-0.3, -0.25) is 0 Å². The van der Waals surface area contributed by atoms with Crippen LogP contribution in [0.2, 0.25) is 0 Å². The molecule has 4 aliphatic rings. The fourth-order valence-electron chi connectivity index (χ4n) is 7.50. The van der Waals surface area contributed by atoms with Crippen LogP contribution in [0.5, 0.6) is 0 Å². The van der Waals surface area contributed by atoms with E-state index in [-0.39, 0.29) is 19.3 Å². The van der Waals surface area contributed by atoms with Crippen LogP contribution < -0.4 is 0 Å². The predicted octanol–water partition coefficient (Wildman–Crippen LogP) is 5.19. The highest BCUT2D eigenvalue weighted by Gasteiger charge is 2.68. The van der Waals surface area contributed by atoms with Crippen LogP contribution in [0.15, 0.2) is 0 Å². The van der Waals surface area contributed by atoms with Gasteiger partial charge in [-0.2, -0.15) is 0 Å². The van der Waals surface area contributed by atoms with Crippen LogP contribution in [-0.4, -0.2) is 36.1 Å². The average molecular weight is 393 g/mol. The third kappa shape index (κ3) is 4.47. The second kappa shape index (κ2) is 10.3. The van der Waals surface area contributed by atoms with Crippen molar-refractivity contribution in [3.8, 4) is 0 Å². The van der Waals surface area contributed by atoms with Crippen molar-refractivity contribution in [3.05, 3.63) is 0 Å². The van der Waals surface area contributed by atoms with Gasteiger partial charge in [-0.25, -0.2) is 0 Å². The summed E-state index contributed by atoms with van der Waals surface area (Å²) in [7, 11) is 0. The van der Waals surface area contributed by atoms with Gasteiger partial charge in [0.1, 0.15) is 6.10 Å². The Kier molecular flexibility index (Phi) is 7.74. The quantitative estimate of drug-likeness (QED) is 0.400. The first-order valence-electron chi connectivity index (χ1n) is 12.7. The number of fused-ring (bicyclic) bond motifs is 7. The number of aliphatic hydroxyl groups is 2. The summed E-state index contributed by atoms with van der Waals surface area (Å²) in [4.78, 5) is 0. The predicted molar refractivity (Wildman–Crippen MR) is 113 cm³/mol. The minimum atomic E-state index is -0.385. The molecule has 0 aromatic carbocycles. The Morgan fingerprint density at radius 3 is 1.82 bits per heavy atom. The molecule has 28 heavy (non-hydrogen) atoms. The highest BCUT2D eigenvalue weighted by Crippen LogP contribution is 2.74. The molecular weight excluding hydrogens is 348 g/mol. The first-order valence-corrected chi connectivity index (χ1v) is 12.7. The Bertz CT molecular complexity index is 457. The standard InChI is InChI=1S/C25H44O3/c26-16-19(17-27)28-14-8-6-4-2-1-3-5-7-9-18-10-11-22-23(15-18)25-21-13-12-20(21)24(22)25/h18-27H,1-17H2/t18-,20+,21-,22-,23+,24+,25-/m0/s1. The van der Waals surface area contributed by atoms with Crippen molar-refractivity contribution in [2.75, 3.05) is 19.8 Å². The normalized spacial score (nSPS) is 38.0. The molecule has 4 rings (SSSR count). The number of ether oxygens (including phenoxy) is 1. The summed E-state index contributed by atoms with van der Waals surface area (Å²) < 4.78 is 5.41. The van der Waals surface area contributed by atoms with Gasteiger partial charge in [0.25, 0.3) is 0 Å². The van der Waals surface area contributed by atoms with E-state index in [0.29, 0.717) is 6.61 Å². The van der Waals surface area contributed by atoms with E-state index < -0.39 is 0 Å². The lowest BCUT2D eigenvalue weighted by molar-refractivity contribution is -0.264. The topological polar surface area (TPSA) is 49.7 Å². The fraction of sp³-hybridized carbons (Fsp3) is 1.00. The van der Waals surface area contributed by atoms with Crippen LogP contribution in [0, 0.1) is 41.4 Å². The maximum Gasteiger partial charge on any atom is 0.104 e. The molecule has 0 heterocycles. The van der Waals surface area contributed by atoms with E-state index in [1.54, 1.807) is 32.1 Å². The van der Waals surface area contributed by atoms with E-state index in [9.17, 15) is 0 Å². The minimum absolute atomic E-state index is 0.0827. The summed E-state index contributed by atoms with van der Waals surface area (Å²) >= 11 is 0. The minimum Gasteiger partial charge on any atom is -0.394 e. The van der Waals surface area contributed by atoms with Crippen molar-refractivity contribution >= 4 is 0 Å². The summed E-state index contributed by atoms with van der Waals surface area (Å²) in [6.45, 7) is 0.499. The molecule has 0 aromatic heterocycles. The monoisotopic (exact) mass is 392 g/mol. The highest BCUT2D eigenvalue weighted by atomic mass is 16.5. The second-order valence-electron chi connectivity index (χ2n) is 10.5. The zero-order valence-corrected chi connectivity index (χ0v) is 17.9. The van der Waals surface area contributed by atoms with Crippen molar-refractivity contribution < 1.29 is 14.9 Å². The lowest BCUT2D eigenvalue weighted by Gasteiger charge is -2.74. The molecular formula is C25H44O3. The van der Waals surface area contributed by atoms with Crippen LogP contribution in [-0.2, 0) is 4.74 Å². The molecule has 4 fully saturated rings. The molecule has 0 aliphatic heterocycles. The number of aliphatic hydroxyl groups excluding tert-OH is 2. The van der Waals surface area contributed by atoms with Gasteiger partial charge in [0.2, 0.25) is 0 Å². The average Bonchev–Trinajstić information content (AvgIpc) is 2.70. The lowest BCUT2D eigenvalue weighted by atomic mass is 9.30. The Balaban J connectivity index is 0.946. The summed E-state index contributed by atoms with van der Waals surface area (Å²) in [5.41, 5.74) is 0. The van der Waals surface area contributed by atoms with Crippen molar-refractivity contribution in [1.29, 1.82) is 0 Å². The molecule has 4 saturated carbocycles. The number of rotatable bonds is 14. The molecule has 0 saturated heterocycles. The summed E-state index contributed by atoms with van der Waals surface area (Å²) in [6, 6.07) is 0. The maximum atomic E-state index is 8.94. The first kappa shape index (κ1) is 21.1. The van der Waals surface area contributed by atoms with E-state index in [0.717, 1.165) is 12.3 Å². The Hall–Kier alpha value is -0.120. The van der Waals surface area contributed by atoms with E-state index in [2.05, 4.69) is 0 Å². The van der Waals surface area contributed by atoms with Gasteiger partial charge in [0.05, 0.1) is 13.2 Å². The van der Waals surface area contributed by atoms with Gasteiger partial charge in [0.15, 0.2) is 0 Å². The molecule has 3 nitrogen and oxygen atoms in total. The van der Waals surface area contributed by atoms with Crippen LogP contribution in [0.25, 0.3) is 0 Å². The SMILES string of the molecule is OCC(CO)OCCCCCCCCCC[C@H]1CC[C@H]2[C@@H](C1)[C@@H]1[C@H]3CC[C@H]3[C@H]21. The van der Waals surface area contributed by atoms with Gasteiger partial charge in [-0.1, -0.05) is 57.8 Å². The first-order chi connectivity index (χ1) is 13.8. The van der Waals surface area contributed by atoms with Crippen LogP contribution in [0.3, 0.4) is 0 Å². The van der Waals surface area contributed by atoms with Crippen LogP contribution >= 0.6 is 0 Å². The highest BCUT2D eigenvalue weighted by molar-refractivity contribution is 5.16. The molecule has 0 unspecified atom stereocenters. The van der Waals surface area contributed by atoms with Crippen molar-refractivity contribution in [1.82, 2.24) is 0 Å². The third-order valence-electron chi connectivity index (χ3n) is 9.14. The van der Waals surface area contributed by atoms with E-state index in [1.807, 2.05) is 0 Å². The molecule has 3 heteroatoms. The zero-order valence-electron chi connectivity index (χ0n) is 17.9. The zero-order chi connectivity index (χ0) is 19.3. The molecule has 0 radical (unpaired) electrons. The van der Waals surface area contributed by atoms with Gasteiger partial charge in [0, 0.05) is 6.61 Å². The molecule has 0 aromatic rings. The maximum absolute atomic E-state index is 8.94. The molecule has 7 atom stereocenters. The Morgan fingerprint density at radius 1 is 0.643 bits per heavy atom. The molecule has 162 valence electrons. The van der Waals surface area contributed by atoms with Gasteiger partial charge >= 0.3 is 0 Å². The van der Waals surface area contributed by atoms with E-state index >= 15 is 0 Å². The Morgan fingerprint density at radius 2 is 1.18 bits per heavy atom. The van der Waals surface area contributed by atoms with Crippen molar-refractivity contribution in [2.24, 2.45) is 41.4 Å². The van der Waals surface area contributed by atoms with E-state index in [1.165, 1.54) is 86.9 Å². The van der Waals surface area contributed by atoms with E-state index in [4.69, 9.17) is 14.9 Å². The van der Waals surface area contributed by atoms with Gasteiger partial charge in [-0.15, -0.1) is 0 Å². The number of hydrogen-bond donors (Lipinski definition) is 2. The third-order valence-corrected chi connectivity index (χ3v) is 9.14. The second-order valence-corrected chi connectivity index (χ2v) is 10.5. The smallest absolute Gasteiger partial charge is 0.104 e. The molecule has 0 amide bonds. The molecule has 4 aliphatic carbocycles. The number of hydrogen-bond acceptors (Lipinski definition) is 3. The van der Waals surface area contributed by atoms with Crippen molar-refractivity contribution in [2.45, 2.75) is 96.0 Å².